The predicted molar refractivity (Wildman–Crippen MR) is 79.5 cm³/mol. The second kappa shape index (κ2) is 5.52. The SMILES string of the molecule is O=C1C=C(c2cccc(O)c2)C[C@@H](c2ccc(F)cc2)C1. The minimum atomic E-state index is -0.273. The third-order valence-electron chi connectivity index (χ3n) is 3.81. The minimum absolute atomic E-state index is 0.0560. The van der Waals surface area contributed by atoms with Crippen molar-refractivity contribution in [2.75, 3.05) is 0 Å². The largest absolute Gasteiger partial charge is 0.508 e. The molecule has 0 unspecified atom stereocenters. The summed E-state index contributed by atoms with van der Waals surface area (Å²) in [5.74, 6) is 0.0313. The molecule has 0 amide bonds. The molecular weight excluding hydrogens is 267 g/mol. The maximum Gasteiger partial charge on any atom is 0.156 e. The average molecular weight is 282 g/mol. The highest BCUT2D eigenvalue weighted by Gasteiger charge is 2.23. The fraction of sp³-hybridized carbons (Fsp3) is 0.167. The van der Waals surface area contributed by atoms with Crippen LogP contribution in [0.15, 0.2) is 54.6 Å². The smallest absolute Gasteiger partial charge is 0.156 e. The van der Waals surface area contributed by atoms with Crippen molar-refractivity contribution in [2.45, 2.75) is 18.8 Å². The van der Waals surface area contributed by atoms with Crippen molar-refractivity contribution in [1.29, 1.82) is 0 Å². The Morgan fingerprint density at radius 1 is 1.05 bits per heavy atom. The molecule has 1 aliphatic carbocycles. The number of allylic oxidation sites excluding steroid dienone is 2. The first kappa shape index (κ1) is 13.6. The zero-order valence-electron chi connectivity index (χ0n) is 11.4. The van der Waals surface area contributed by atoms with Crippen molar-refractivity contribution in [1.82, 2.24) is 0 Å². The first-order valence-electron chi connectivity index (χ1n) is 6.90. The Hall–Kier alpha value is -2.42. The van der Waals surface area contributed by atoms with Gasteiger partial charge in [0.1, 0.15) is 11.6 Å². The summed E-state index contributed by atoms with van der Waals surface area (Å²) in [4.78, 5) is 12.0. The highest BCUT2D eigenvalue weighted by molar-refractivity contribution is 5.99. The third-order valence-corrected chi connectivity index (χ3v) is 3.81. The average Bonchev–Trinajstić information content (AvgIpc) is 2.47. The third kappa shape index (κ3) is 3.02. The normalized spacial score (nSPS) is 18.4. The summed E-state index contributed by atoms with van der Waals surface area (Å²) in [6, 6.07) is 13.2. The number of phenolic OH excluding ortho intramolecular Hbond substituents is 1. The fourth-order valence-electron chi connectivity index (χ4n) is 2.77. The van der Waals surface area contributed by atoms with Gasteiger partial charge < -0.3 is 5.11 Å². The monoisotopic (exact) mass is 282 g/mol. The molecule has 1 N–H and O–H groups in total. The quantitative estimate of drug-likeness (QED) is 0.901. The van der Waals surface area contributed by atoms with E-state index in [9.17, 15) is 14.3 Å². The number of hydrogen-bond donors (Lipinski definition) is 1. The van der Waals surface area contributed by atoms with Gasteiger partial charge in [-0.05, 0) is 59.4 Å². The Kier molecular flexibility index (Phi) is 3.57. The molecule has 0 bridgehead atoms. The van der Waals surface area contributed by atoms with Crippen LogP contribution < -0.4 is 0 Å². The highest BCUT2D eigenvalue weighted by Crippen LogP contribution is 2.36. The molecule has 0 heterocycles. The van der Waals surface area contributed by atoms with Crippen LogP contribution in [0.1, 0.15) is 29.9 Å². The Bertz CT molecular complexity index is 701. The number of aromatic hydroxyl groups is 1. The summed E-state index contributed by atoms with van der Waals surface area (Å²) in [5, 5.41) is 9.57. The van der Waals surface area contributed by atoms with Gasteiger partial charge in [-0.25, -0.2) is 4.39 Å². The Balaban J connectivity index is 1.90. The molecule has 3 heteroatoms. The van der Waals surface area contributed by atoms with Gasteiger partial charge in [0.05, 0.1) is 0 Å². The van der Waals surface area contributed by atoms with Gasteiger partial charge in [-0.1, -0.05) is 24.3 Å². The molecule has 0 aromatic heterocycles. The van der Waals surface area contributed by atoms with Gasteiger partial charge in [0.2, 0.25) is 0 Å². The van der Waals surface area contributed by atoms with Crippen molar-refractivity contribution in [2.24, 2.45) is 0 Å². The summed E-state index contributed by atoms with van der Waals surface area (Å²) in [6.45, 7) is 0. The molecule has 0 fully saturated rings. The lowest BCUT2D eigenvalue weighted by atomic mass is 9.81. The van der Waals surface area contributed by atoms with Crippen LogP contribution in [0.3, 0.4) is 0 Å². The number of carbonyl (C=O) groups is 1. The molecule has 3 rings (SSSR count). The zero-order valence-corrected chi connectivity index (χ0v) is 11.4. The highest BCUT2D eigenvalue weighted by atomic mass is 19.1. The van der Waals surface area contributed by atoms with E-state index in [1.165, 1.54) is 12.1 Å². The van der Waals surface area contributed by atoms with E-state index in [1.807, 2.05) is 6.07 Å². The van der Waals surface area contributed by atoms with Crippen LogP contribution in [0.4, 0.5) is 4.39 Å². The summed E-state index contributed by atoms with van der Waals surface area (Å²) in [5.41, 5.74) is 2.74. The van der Waals surface area contributed by atoms with E-state index in [0.29, 0.717) is 12.8 Å². The molecule has 0 saturated carbocycles. The molecule has 0 radical (unpaired) electrons. The van der Waals surface area contributed by atoms with Gasteiger partial charge in [-0.3, -0.25) is 4.79 Å². The number of carbonyl (C=O) groups excluding carboxylic acids is 1. The number of halogens is 1. The molecule has 1 aliphatic rings. The first-order valence-corrected chi connectivity index (χ1v) is 6.90. The number of ketones is 1. The number of benzene rings is 2. The van der Waals surface area contributed by atoms with Crippen molar-refractivity contribution >= 4 is 11.4 Å². The Morgan fingerprint density at radius 2 is 1.81 bits per heavy atom. The lowest BCUT2D eigenvalue weighted by molar-refractivity contribution is -0.115. The maximum absolute atomic E-state index is 13.0. The number of phenols is 1. The molecule has 2 nitrogen and oxygen atoms in total. The number of hydrogen-bond acceptors (Lipinski definition) is 2. The van der Waals surface area contributed by atoms with Crippen LogP contribution in [-0.2, 0) is 4.79 Å². The molecule has 2 aromatic carbocycles. The standard InChI is InChI=1S/C18H15FO2/c19-16-6-4-12(5-7-16)14-8-15(11-18(21)10-14)13-2-1-3-17(20)9-13/h1-7,9,11,14,20H,8,10H2/t14-/m1/s1. The minimum Gasteiger partial charge on any atom is -0.508 e. The van der Waals surface area contributed by atoms with E-state index >= 15 is 0 Å². The van der Waals surface area contributed by atoms with Crippen LogP contribution in [0.2, 0.25) is 0 Å². The van der Waals surface area contributed by atoms with E-state index in [4.69, 9.17) is 0 Å². The van der Waals surface area contributed by atoms with Gasteiger partial charge in [0.25, 0.3) is 0 Å². The first-order chi connectivity index (χ1) is 10.1. The fourth-order valence-corrected chi connectivity index (χ4v) is 2.77. The molecule has 1 atom stereocenters. The van der Waals surface area contributed by atoms with E-state index < -0.39 is 0 Å². The topological polar surface area (TPSA) is 37.3 Å². The number of rotatable bonds is 2. The Morgan fingerprint density at radius 3 is 2.52 bits per heavy atom. The van der Waals surface area contributed by atoms with Crippen molar-refractivity contribution in [3.05, 3.63) is 71.6 Å². The molecule has 0 spiro atoms. The van der Waals surface area contributed by atoms with Gasteiger partial charge in [-0.2, -0.15) is 0 Å². The van der Waals surface area contributed by atoms with E-state index in [-0.39, 0.29) is 23.3 Å². The van der Waals surface area contributed by atoms with Crippen molar-refractivity contribution in [3.63, 3.8) is 0 Å². The van der Waals surface area contributed by atoms with Crippen LogP contribution in [0.5, 0.6) is 5.75 Å². The lowest BCUT2D eigenvalue weighted by Gasteiger charge is -2.22. The van der Waals surface area contributed by atoms with Gasteiger partial charge in [-0.15, -0.1) is 0 Å². The molecule has 21 heavy (non-hydrogen) atoms. The molecule has 0 saturated heterocycles. The zero-order chi connectivity index (χ0) is 14.8. The van der Waals surface area contributed by atoms with Gasteiger partial charge >= 0.3 is 0 Å². The van der Waals surface area contributed by atoms with Crippen molar-refractivity contribution < 1.29 is 14.3 Å². The summed E-state index contributed by atoms with van der Waals surface area (Å²) in [6.07, 6.45) is 2.80. The maximum atomic E-state index is 13.0. The van der Waals surface area contributed by atoms with Crippen LogP contribution >= 0.6 is 0 Å². The lowest BCUT2D eigenvalue weighted by Crippen LogP contribution is -2.12. The second-order valence-corrected chi connectivity index (χ2v) is 5.34. The van der Waals surface area contributed by atoms with Gasteiger partial charge in [0.15, 0.2) is 5.78 Å². The van der Waals surface area contributed by atoms with E-state index in [1.54, 1.807) is 36.4 Å². The molecular formula is C18H15FO2. The van der Waals surface area contributed by atoms with Crippen LogP contribution in [-0.4, -0.2) is 10.9 Å². The van der Waals surface area contributed by atoms with Gasteiger partial charge in [0, 0.05) is 6.42 Å². The van der Waals surface area contributed by atoms with Crippen LogP contribution in [0, 0.1) is 5.82 Å². The summed E-state index contributed by atoms with van der Waals surface area (Å²) < 4.78 is 13.0. The molecule has 0 aliphatic heterocycles. The van der Waals surface area contributed by atoms with Crippen molar-refractivity contribution in [3.8, 4) is 5.75 Å². The molecule has 2 aromatic rings. The second-order valence-electron chi connectivity index (χ2n) is 5.34. The van der Waals surface area contributed by atoms with E-state index in [2.05, 4.69) is 0 Å². The molecule has 106 valence electrons. The summed E-state index contributed by atoms with van der Waals surface area (Å²) in [7, 11) is 0. The summed E-state index contributed by atoms with van der Waals surface area (Å²) >= 11 is 0. The van der Waals surface area contributed by atoms with E-state index in [0.717, 1.165) is 16.7 Å². The Labute approximate surface area is 122 Å². The predicted octanol–water partition coefficient (Wildman–Crippen LogP) is 4.06. The van der Waals surface area contributed by atoms with Crippen LogP contribution in [0.25, 0.3) is 5.57 Å².